The van der Waals surface area contributed by atoms with Gasteiger partial charge < -0.3 is 58.9 Å². The van der Waals surface area contributed by atoms with E-state index in [1.807, 2.05) is 25.8 Å². The molecule has 4 aliphatic rings. The molecule has 404 valence electrons. The number of ketones is 2. The summed E-state index contributed by atoms with van der Waals surface area (Å²) in [5.74, 6) is -5.83. The molecule has 1 aromatic heterocycles. The highest BCUT2D eigenvalue weighted by atomic mass is 16.7. The maximum atomic E-state index is 14.5. The number of hydrogen-bond donors (Lipinski definition) is 5. The number of aliphatic hydroxyl groups excluding tert-OH is 3. The Morgan fingerprint density at radius 2 is 1.60 bits per heavy atom. The fourth-order valence-corrected chi connectivity index (χ4v) is 11.8. The monoisotopic (exact) mass is 1020 g/mol. The number of esters is 1. The Balaban J connectivity index is 1.23. The number of cyclic esters (lactones) is 2. The highest BCUT2D eigenvalue weighted by Crippen LogP contribution is 2.45. The predicted molar refractivity (Wildman–Crippen MR) is 262 cm³/mol. The molecule has 72 heavy (non-hydrogen) atoms. The number of rotatable bonds is 13. The molecule has 0 radical (unpaired) electrons. The van der Waals surface area contributed by atoms with E-state index in [0.29, 0.717) is 36.3 Å². The van der Waals surface area contributed by atoms with E-state index < -0.39 is 132 Å². The molecular weight excluding hydrogens is 935 g/mol. The molecule has 0 aliphatic carbocycles. The van der Waals surface area contributed by atoms with Gasteiger partial charge in [0.2, 0.25) is 0 Å². The Morgan fingerprint density at radius 1 is 0.931 bits per heavy atom. The number of nitrogens with zero attached hydrogens (tertiary/aromatic N) is 5. The van der Waals surface area contributed by atoms with Crippen molar-refractivity contribution in [1.29, 1.82) is 0 Å². The van der Waals surface area contributed by atoms with Crippen LogP contribution in [0.3, 0.4) is 0 Å². The van der Waals surface area contributed by atoms with Crippen LogP contribution in [0.2, 0.25) is 0 Å². The van der Waals surface area contributed by atoms with Crippen molar-refractivity contribution >= 4 is 29.3 Å². The zero-order valence-corrected chi connectivity index (χ0v) is 44.3. The van der Waals surface area contributed by atoms with E-state index in [0.717, 1.165) is 0 Å². The molecule has 20 nitrogen and oxygen atoms in total. The molecule has 0 spiro atoms. The fraction of sp³-hybridized carbons (Fsp3) is 0.769. The highest BCUT2D eigenvalue weighted by molar-refractivity contribution is 5.95. The van der Waals surface area contributed by atoms with Crippen molar-refractivity contribution in [2.24, 2.45) is 29.6 Å². The Bertz CT molecular complexity index is 2190. The van der Waals surface area contributed by atoms with E-state index in [4.69, 9.17) is 28.4 Å². The van der Waals surface area contributed by atoms with Crippen LogP contribution in [-0.4, -0.2) is 180 Å². The number of ether oxygens (including phenoxy) is 6. The van der Waals surface area contributed by atoms with Crippen molar-refractivity contribution < 1.29 is 73.1 Å². The molecule has 4 fully saturated rings. The van der Waals surface area contributed by atoms with Gasteiger partial charge in [0.15, 0.2) is 12.1 Å². The van der Waals surface area contributed by atoms with Gasteiger partial charge in [0.05, 0.1) is 66.4 Å². The number of amides is 1. The van der Waals surface area contributed by atoms with E-state index in [1.165, 1.54) is 32.8 Å². The van der Waals surface area contributed by atoms with Gasteiger partial charge in [-0.25, -0.2) is 9.48 Å². The van der Waals surface area contributed by atoms with E-state index in [1.54, 1.807) is 76.7 Å². The van der Waals surface area contributed by atoms with Crippen molar-refractivity contribution in [1.82, 2.24) is 19.9 Å². The number of carbonyl (C=O) groups excluding carboxylic acids is 4. The van der Waals surface area contributed by atoms with Gasteiger partial charge in [0, 0.05) is 67.7 Å². The number of benzene rings is 1. The highest BCUT2D eigenvalue weighted by Gasteiger charge is 2.56. The van der Waals surface area contributed by atoms with E-state index in [-0.39, 0.29) is 38.1 Å². The zero-order chi connectivity index (χ0) is 53.4. The molecule has 6 rings (SSSR count). The largest absolute Gasteiger partial charge is 0.459 e. The predicted octanol–water partition coefficient (Wildman–Crippen LogP) is 3.49. The van der Waals surface area contributed by atoms with Crippen molar-refractivity contribution in [3.05, 3.63) is 41.7 Å². The third-order valence-electron chi connectivity index (χ3n) is 16.2. The number of likely N-dealkylation sites (N-methyl/N-ethyl adjacent to an activating group) is 1. The van der Waals surface area contributed by atoms with Crippen LogP contribution in [-0.2, 0) is 51.0 Å². The quantitative estimate of drug-likeness (QED) is 0.142. The van der Waals surface area contributed by atoms with Gasteiger partial charge in [-0.05, 0) is 98.0 Å². The molecule has 4 saturated heterocycles. The van der Waals surface area contributed by atoms with Crippen LogP contribution in [0.1, 0.15) is 118 Å². The molecular formula is C52H81N5O15. The molecule has 4 aliphatic heterocycles. The van der Waals surface area contributed by atoms with Gasteiger partial charge in [-0.3, -0.25) is 19.3 Å². The summed E-state index contributed by atoms with van der Waals surface area (Å²) in [4.78, 5) is 56.6. The average molecular weight is 1020 g/mol. The third kappa shape index (κ3) is 12.2. The van der Waals surface area contributed by atoms with Crippen LogP contribution in [0.5, 0.6) is 0 Å². The lowest BCUT2D eigenvalue weighted by molar-refractivity contribution is -0.302. The topological polar surface area (TPSA) is 262 Å². The normalized spacial score (nSPS) is 40.7. The van der Waals surface area contributed by atoms with Crippen LogP contribution in [0.25, 0.3) is 0 Å². The first kappa shape index (κ1) is 57.3. The van der Waals surface area contributed by atoms with Crippen molar-refractivity contribution in [3.8, 4) is 0 Å². The molecule has 0 saturated carbocycles. The van der Waals surface area contributed by atoms with Gasteiger partial charge in [-0.1, -0.05) is 39.8 Å². The lowest BCUT2D eigenvalue weighted by atomic mass is 9.67. The summed E-state index contributed by atoms with van der Waals surface area (Å²) in [5, 5.41) is 68.3. The van der Waals surface area contributed by atoms with Gasteiger partial charge in [0.1, 0.15) is 35.8 Å². The minimum Gasteiger partial charge on any atom is -0.459 e. The van der Waals surface area contributed by atoms with Gasteiger partial charge in [-0.2, -0.15) is 0 Å². The summed E-state index contributed by atoms with van der Waals surface area (Å²) in [6.07, 6.45) is -7.86. The minimum atomic E-state index is -2.02. The second-order valence-electron chi connectivity index (χ2n) is 22.0. The number of anilines is 1. The van der Waals surface area contributed by atoms with Crippen LogP contribution in [0, 0.1) is 29.6 Å². The van der Waals surface area contributed by atoms with E-state index in [2.05, 4.69) is 10.3 Å². The number of Topliss-reactive ketones (excluding diaryl/α,β-unsaturated/α-hetero) is 2. The van der Waals surface area contributed by atoms with Crippen molar-refractivity contribution in [2.45, 2.75) is 199 Å². The molecule has 1 unspecified atom stereocenters. The first-order valence-corrected chi connectivity index (χ1v) is 25.6. The van der Waals surface area contributed by atoms with E-state index >= 15 is 0 Å². The smallest absolute Gasteiger partial charge is 0.414 e. The molecule has 20 heteroatoms. The van der Waals surface area contributed by atoms with Crippen LogP contribution < -0.4 is 4.90 Å². The summed E-state index contributed by atoms with van der Waals surface area (Å²) >= 11 is 0. The second kappa shape index (κ2) is 22.9. The number of aliphatic hydroxyl groups is 5. The van der Waals surface area contributed by atoms with Crippen LogP contribution in [0.15, 0.2) is 30.5 Å². The average Bonchev–Trinajstić information content (AvgIpc) is 3.94. The summed E-state index contributed by atoms with van der Waals surface area (Å²) in [7, 11) is 3.37. The van der Waals surface area contributed by atoms with E-state index in [9.17, 15) is 44.7 Å². The molecule has 0 bridgehead atoms. The lowest BCUT2D eigenvalue weighted by Crippen LogP contribution is -2.62. The summed E-state index contributed by atoms with van der Waals surface area (Å²) in [5.41, 5.74) is -3.14. The molecule has 1 aromatic carbocycles. The number of hydrogen-bond acceptors (Lipinski definition) is 18. The number of aromatic nitrogens is 3. The molecule has 19 atom stereocenters. The minimum absolute atomic E-state index is 0.0708. The summed E-state index contributed by atoms with van der Waals surface area (Å²) in [6, 6.07) is 6.27. The zero-order valence-electron chi connectivity index (χ0n) is 44.3. The Morgan fingerprint density at radius 3 is 2.22 bits per heavy atom. The first-order valence-electron chi connectivity index (χ1n) is 25.6. The SMILES string of the molecule is CC[C@H]1OC(=O)[C@H](C)[C@@H](C2C[C@@](C)(OC)[C@@H](O)[C@H](C)O2)[C@H](C)[C@@H](O[C@@H]2O[C@H](C)C[C@H](N(C)CCc3cn(C[C@H]4CN(c5ccc(C(C)=O)cc5)C(=O)O4)nn3)[C@H]2O)[C@](C)(O)C[C@@H](C)C(=O)[C@H](C)[C@@H](O)[C@]1(C)O. The maximum absolute atomic E-state index is 14.5. The van der Waals surface area contributed by atoms with Gasteiger partial charge >= 0.3 is 12.1 Å². The fourth-order valence-electron chi connectivity index (χ4n) is 11.8. The van der Waals surface area contributed by atoms with Gasteiger partial charge in [-0.15, -0.1) is 5.10 Å². The summed E-state index contributed by atoms with van der Waals surface area (Å²) in [6.45, 7) is 19.0. The molecule has 5 N–H and O–H groups in total. The number of carbonyl (C=O) groups is 4. The first-order chi connectivity index (χ1) is 33.6. The maximum Gasteiger partial charge on any atom is 0.414 e. The Labute approximate surface area is 423 Å². The second-order valence-corrected chi connectivity index (χ2v) is 22.0. The van der Waals surface area contributed by atoms with Crippen molar-refractivity contribution in [2.75, 3.05) is 32.1 Å². The van der Waals surface area contributed by atoms with Crippen LogP contribution in [0.4, 0.5) is 10.5 Å². The summed E-state index contributed by atoms with van der Waals surface area (Å²) < 4.78 is 39.0. The van der Waals surface area contributed by atoms with Crippen molar-refractivity contribution in [3.63, 3.8) is 0 Å². The standard InChI is InChI=1S/C52H81N5O15/c1-14-40-52(11,66)44(61)31(6)42(59)27(2)22-50(9,65)46(29(4)41(30(5)47(63)71-40)39-23-51(10,67-13)45(62)33(8)69-39)72-48-43(60)38(21-28(3)68-48)55(12)20-19-35-24-56(54-53-35)25-37-26-57(49(64)70-37)36-17-15-34(16-18-36)32(7)58/h15-18,24,27-31,33,37-41,43-46,48,60-62,65-66H,14,19-23,25-26H2,1-13H3/t27-,28-,29+,30-,31+,33+,37+,38+,39?,40-,41+,43-,44-,45+,46-,48+,50-,51-,52-/m1/s1. The number of methoxy groups -OCH3 is 1. The molecule has 2 aromatic rings. The van der Waals surface area contributed by atoms with Crippen LogP contribution >= 0.6 is 0 Å². The lowest BCUT2D eigenvalue weighted by Gasteiger charge is -2.51. The van der Waals surface area contributed by atoms with Gasteiger partial charge in [0.25, 0.3) is 0 Å². The molecule has 1 amide bonds. The molecule has 5 heterocycles. The Kier molecular flexibility index (Phi) is 18.2. The third-order valence-corrected chi connectivity index (χ3v) is 16.2. The Hall–Kier alpha value is -3.96.